The van der Waals surface area contributed by atoms with Gasteiger partial charge in [-0.1, -0.05) is 11.8 Å². The van der Waals surface area contributed by atoms with Crippen molar-refractivity contribution in [3.8, 4) is 11.8 Å². The molecule has 0 spiro atoms. The molecule has 1 aliphatic heterocycles. The van der Waals surface area contributed by atoms with E-state index < -0.39 is 5.97 Å². The Morgan fingerprint density at radius 1 is 1.28 bits per heavy atom. The number of amides is 1. The average molecular weight is 419 g/mol. The number of rotatable bonds is 6. The van der Waals surface area contributed by atoms with Crippen molar-refractivity contribution in [3.63, 3.8) is 0 Å². The van der Waals surface area contributed by atoms with Gasteiger partial charge < -0.3 is 20.1 Å². The Kier molecular flexibility index (Phi) is 6.99. The number of hydrogen-bond donors (Lipinski definition) is 2. The normalized spacial score (nSPS) is 24.6. The first-order chi connectivity index (χ1) is 13.8. The number of hydrogen-bond acceptors (Lipinski definition) is 5. The molecule has 1 amide bonds. The summed E-state index contributed by atoms with van der Waals surface area (Å²) in [6.07, 6.45) is 5.71. The molecular weight excluding hydrogens is 388 g/mol. The van der Waals surface area contributed by atoms with E-state index in [0.717, 1.165) is 62.9 Å². The van der Waals surface area contributed by atoms with E-state index in [9.17, 15) is 14.7 Å². The second-order valence-corrected chi connectivity index (χ2v) is 9.88. The standard InChI is InChI=1S/C22H30N2O4S/c1-22(2,3)10-8-18-12-19(20(29-18)21(26)27)24(14-25)15-4-6-16(7-5-15)28-17-9-11-23-13-17/h12,14-17,23H,4-7,9,11,13H2,1-3H3,(H,26,27)/t15-,16-,17-/m0/s1. The van der Waals surface area contributed by atoms with Gasteiger partial charge >= 0.3 is 5.97 Å². The highest BCUT2D eigenvalue weighted by Crippen LogP contribution is 2.35. The Hall–Kier alpha value is -1.88. The van der Waals surface area contributed by atoms with Gasteiger partial charge in [-0.25, -0.2) is 4.79 Å². The summed E-state index contributed by atoms with van der Waals surface area (Å²) in [7, 11) is 0. The lowest BCUT2D eigenvalue weighted by atomic mass is 9.91. The van der Waals surface area contributed by atoms with Gasteiger partial charge in [-0.15, -0.1) is 11.3 Å². The van der Waals surface area contributed by atoms with Crippen LogP contribution in [0.2, 0.25) is 0 Å². The van der Waals surface area contributed by atoms with Crippen molar-refractivity contribution in [2.24, 2.45) is 5.41 Å². The zero-order valence-electron chi connectivity index (χ0n) is 17.4. The molecule has 1 atom stereocenters. The fraction of sp³-hybridized carbons (Fsp3) is 0.636. The van der Waals surface area contributed by atoms with E-state index in [2.05, 4.69) is 17.2 Å². The Morgan fingerprint density at radius 3 is 2.55 bits per heavy atom. The molecule has 6 nitrogen and oxygen atoms in total. The van der Waals surface area contributed by atoms with Gasteiger partial charge in [0.25, 0.3) is 0 Å². The summed E-state index contributed by atoms with van der Waals surface area (Å²) in [4.78, 5) is 26.1. The lowest BCUT2D eigenvalue weighted by Crippen LogP contribution is -2.40. The summed E-state index contributed by atoms with van der Waals surface area (Å²) >= 11 is 1.13. The summed E-state index contributed by atoms with van der Waals surface area (Å²) in [6, 6.07) is 1.73. The van der Waals surface area contributed by atoms with Crippen LogP contribution in [-0.4, -0.2) is 48.8 Å². The Morgan fingerprint density at radius 2 is 2.00 bits per heavy atom. The van der Waals surface area contributed by atoms with Crippen LogP contribution in [0.3, 0.4) is 0 Å². The highest BCUT2D eigenvalue weighted by atomic mass is 32.1. The zero-order valence-corrected chi connectivity index (χ0v) is 18.2. The van der Waals surface area contributed by atoms with Crippen molar-refractivity contribution in [1.82, 2.24) is 5.32 Å². The molecule has 3 rings (SSSR count). The van der Waals surface area contributed by atoms with Crippen LogP contribution in [0.25, 0.3) is 0 Å². The van der Waals surface area contributed by atoms with Crippen LogP contribution in [0.15, 0.2) is 6.07 Å². The predicted octanol–water partition coefficient (Wildman–Crippen LogP) is 3.50. The number of anilines is 1. The van der Waals surface area contributed by atoms with Crippen LogP contribution in [0.4, 0.5) is 5.69 Å². The SMILES string of the molecule is CC(C)(C)C#Cc1cc(N(C=O)[C@H]2CC[C@H](O[C@H]3CCNC3)CC2)c(C(=O)O)s1. The molecule has 2 heterocycles. The summed E-state index contributed by atoms with van der Waals surface area (Å²) in [5.41, 5.74) is 0.283. The third-order valence-corrected chi connectivity index (χ3v) is 6.32. The highest BCUT2D eigenvalue weighted by Gasteiger charge is 2.31. The molecular formula is C22H30N2O4S. The van der Waals surface area contributed by atoms with Crippen molar-refractivity contribution in [1.29, 1.82) is 0 Å². The maximum Gasteiger partial charge on any atom is 0.348 e. The molecule has 158 valence electrons. The summed E-state index contributed by atoms with van der Waals surface area (Å²) < 4.78 is 6.17. The minimum Gasteiger partial charge on any atom is -0.477 e. The molecule has 1 saturated heterocycles. The molecule has 1 aliphatic carbocycles. The van der Waals surface area contributed by atoms with Gasteiger partial charge in [0.05, 0.1) is 22.8 Å². The molecule has 0 aromatic carbocycles. The molecule has 2 N–H and O–H groups in total. The first kappa shape index (κ1) is 21.8. The number of nitrogens with zero attached hydrogens (tertiary/aromatic N) is 1. The lowest BCUT2D eigenvalue weighted by Gasteiger charge is -2.35. The number of nitrogens with one attached hydrogen (secondary N) is 1. The molecule has 7 heteroatoms. The van der Waals surface area contributed by atoms with E-state index in [1.807, 2.05) is 20.8 Å². The number of ether oxygens (including phenoxy) is 1. The quantitative estimate of drug-likeness (QED) is 0.546. The van der Waals surface area contributed by atoms with Gasteiger partial charge in [0.15, 0.2) is 0 Å². The predicted molar refractivity (Wildman–Crippen MR) is 115 cm³/mol. The number of carboxylic acid groups (broad SMARTS) is 1. The first-order valence-corrected chi connectivity index (χ1v) is 11.1. The number of carboxylic acids is 1. The molecule has 0 unspecified atom stereocenters. The van der Waals surface area contributed by atoms with Crippen molar-refractivity contribution in [3.05, 3.63) is 15.8 Å². The van der Waals surface area contributed by atoms with Crippen LogP contribution in [0.1, 0.15) is 67.4 Å². The molecule has 2 fully saturated rings. The number of carbonyl (C=O) groups is 2. The van der Waals surface area contributed by atoms with Crippen LogP contribution in [0, 0.1) is 17.3 Å². The lowest BCUT2D eigenvalue weighted by molar-refractivity contribution is -0.108. The van der Waals surface area contributed by atoms with Gasteiger partial charge in [0, 0.05) is 18.0 Å². The fourth-order valence-corrected chi connectivity index (χ4v) is 4.70. The monoisotopic (exact) mass is 418 g/mol. The molecule has 0 radical (unpaired) electrons. The minimum absolute atomic E-state index is 0.00909. The summed E-state index contributed by atoms with van der Waals surface area (Å²) in [5, 5.41) is 13.0. The van der Waals surface area contributed by atoms with Crippen molar-refractivity contribution in [2.75, 3.05) is 18.0 Å². The number of aromatic carboxylic acids is 1. The Bertz CT molecular complexity index is 788. The Balaban J connectivity index is 1.72. The highest BCUT2D eigenvalue weighted by molar-refractivity contribution is 7.15. The number of carbonyl (C=O) groups excluding carboxylic acids is 1. The van der Waals surface area contributed by atoms with Gasteiger partial charge in [0.1, 0.15) is 4.88 Å². The van der Waals surface area contributed by atoms with E-state index >= 15 is 0 Å². The minimum atomic E-state index is -1.02. The molecule has 1 aromatic heterocycles. The van der Waals surface area contributed by atoms with E-state index in [-0.39, 0.29) is 28.5 Å². The smallest absolute Gasteiger partial charge is 0.348 e. The fourth-order valence-electron chi connectivity index (χ4n) is 3.85. The van der Waals surface area contributed by atoms with E-state index in [4.69, 9.17) is 4.74 Å². The van der Waals surface area contributed by atoms with Crippen molar-refractivity contribution in [2.45, 2.75) is 71.1 Å². The second kappa shape index (κ2) is 9.29. The third kappa shape index (κ3) is 5.81. The Labute approximate surface area is 176 Å². The van der Waals surface area contributed by atoms with E-state index in [1.165, 1.54) is 0 Å². The van der Waals surface area contributed by atoms with Crippen LogP contribution < -0.4 is 10.2 Å². The molecule has 2 aliphatic rings. The van der Waals surface area contributed by atoms with Gasteiger partial charge in [-0.05, 0) is 65.5 Å². The van der Waals surface area contributed by atoms with Crippen LogP contribution >= 0.6 is 11.3 Å². The zero-order chi connectivity index (χ0) is 21.0. The number of thiophene rings is 1. The van der Waals surface area contributed by atoms with Crippen molar-refractivity contribution < 1.29 is 19.4 Å². The van der Waals surface area contributed by atoms with Crippen molar-refractivity contribution >= 4 is 29.4 Å². The topological polar surface area (TPSA) is 78.9 Å². The summed E-state index contributed by atoms with van der Waals surface area (Å²) in [5.74, 6) is 5.18. The molecule has 29 heavy (non-hydrogen) atoms. The van der Waals surface area contributed by atoms with E-state index in [1.54, 1.807) is 11.0 Å². The van der Waals surface area contributed by atoms with Gasteiger partial charge in [0.2, 0.25) is 6.41 Å². The molecule has 1 saturated carbocycles. The molecule has 1 aromatic rings. The second-order valence-electron chi connectivity index (χ2n) is 8.82. The largest absolute Gasteiger partial charge is 0.477 e. The van der Waals surface area contributed by atoms with Gasteiger partial charge in [-0.3, -0.25) is 4.79 Å². The first-order valence-electron chi connectivity index (χ1n) is 10.3. The summed E-state index contributed by atoms with van der Waals surface area (Å²) in [6.45, 7) is 7.94. The van der Waals surface area contributed by atoms with E-state index in [0.29, 0.717) is 10.6 Å². The third-order valence-electron chi connectivity index (χ3n) is 5.30. The molecule has 0 bridgehead atoms. The maximum absolute atomic E-state index is 11.9. The average Bonchev–Trinajstić information content (AvgIpc) is 3.31. The van der Waals surface area contributed by atoms with Crippen LogP contribution in [-0.2, 0) is 9.53 Å². The van der Waals surface area contributed by atoms with Crippen LogP contribution in [0.5, 0.6) is 0 Å². The maximum atomic E-state index is 11.9. The van der Waals surface area contributed by atoms with Gasteiger partial charge in [-0.2, -0.15) is 0 Å².